The van der Waals surface area contributed by atoms with Crippen molar-refractivity contribution in [2.75, 3.05) is 0 Å². The Balaban J connectivity index is 1.80. The zero-order valence-electron chi connectivity index (χ0n) is 9.88. The van der Waals surface area contributed by atoms with E-state index in [1.165, 1.54) is 11.3 Å². The van der Waals surface area contributed by atoms with Crippen molar-refractivity contribution < 1.29 is 19.4 Å². The van der Waals surface area contributed by atoms with Crippen LogP contribution in [0.25, 0.3) is 0 Å². The van der Waals surface area contributed by atoms with Crippen molar-refractivity contribution in [3.63, 3.8) is 0 Å². The Morgan fingerprint density at radius 1 is 1.56 bits per heavy atom. The summed E-state index contributed by atoms with van der Waals surface area (Å²) in [4.78, 5) is 27.6. The number of carbonyl (C=O) groups is 2. The summed E-state index contributed by atoms with van der Waals surface area (Å²) in [5, 5.41) is 12.3. The van der Waals surface area contributed by atoms with Crippen LogP contribution in [0.3, 0.4) is 0 Å². The van der Waals surface area contributed by atoms with Crippen LogP contribution in [0.15, 0.2) is 6.20 Å². The molecule has 1 aliphatic rings. The molecular weight excluding hydrogens is 256 g/mol. The number of rotatable bonds is 4. The molecule has 18 heavy (non-hydrogen) atoms. The molecule has 1 saturated heterocycles. The average molecular weight is 270 g/mol. The Labute approximate surface area is 108 Å². The molecule has 6 nitrogen and oxygen atoms in total. The van der Waals surface area contributed by atoms with E-state index in [0.717, 1.165) is 9.88 Å². The second kappa shape index (κ2) is 5.45. The standard InChI is InChI=1S/C11H14N2O4S/c1-6-4-12-9(18-6)5-13-10(14)7-2-3-8(17-7)11(15)16/h4,7-8H,2-3,5H2,1H3,(H,13,14)(H,15,16). The largest absolute Gasteiger partial charge is 0.479 e. The number of aliphatic carboxylic acids is 1. The van der Waals surface area contributed by atoms with E-state index in [1.54, 1.807) is 6.20 Å². The van der Waals surface area contributed by atoms with Gasteiger partial charge in [-0.05, 0) is 19.8 Å². The highest BCUT2D eigenvalue weighted by Gasteiger charge is 2.34. The fraction of sp³-hybridized carbons (Fsp3) is 0.545. The predicted molar refractivity (Wildman–Crippen MR) is 64.2 cm³/mol. The summed E-state index contributed by atoms with van der Waals surface area (Å²) in [6, 6.07) is 0. The van der Waals surface area contributed by atoms with Gasteiger partial charge in [0.2, 0.25) is 5.91 Å². The van der Waals surface area contributed by atoms with Crippen LogP contribution >= 0.6 is 11.3 Å². The topological polar surface area (TPSA) is 88.5 Å². The summed E-state index contributed by atoms with van der Waals surface area (Å²) in [7, 11) is 0. The van der Waals surface area contributed by atoms with Crippen molar-refractivity contribution in [2.45, 2.75) is 38.5 Å². The maximum absolute atomic E-state index is 11.7. The van der Waals surface area contributed by atoms with Gasteiger partial charge in [0.05, 0.1) is 6.54 Å². The minimum absolute atomic E-state index is 0.272. The SMILES string of the molecule is Cc1cnc(CNC(=O)C2CCC(C(=O)O)O2)s1. The van der Waals surface area contributed by atoms with Gasteiger partial charge in [0.25, 0.3) is 0 Å². The van der Waals surface area contributed by atoms with E-state index in [2.05, 4.69) is 10.3 Å². The lowest BCUT2D eigenvalue weighted by Crippen LogP contribution is -2.35. The van der Waals surface area contributed by atoms with Crippen molar-refractivity contribution in [1.29, 1.82) is 0 Å². The number of carboxylic acid groups (broad SMARTS) is 1. The van der Waals surface area contributed by atoms with Crippen molar-refractivity contribution in [3.8, 4) is 0 Å². The molecule has 1 aromatic rings. The molecule has 98 valence electrons. The molecule has 0 bridgehead atoms. The van der Waals surface area contributed by atoms with Crippen molar-refractivity contribution >= 4 is 23.2 Å². The fourth-order valence-corrected chi connectivity index (χ4v) is 2.50. The number of hydrogen-bond donors (Lipinski definition) is 2. The van der Waals surface area contributed by atoms with E-state index < -0.39 is 18.2 Å². The fourth-order valence-electron chi connectivity index (χ4n) is 1.77. The van der Waals surface area contributed by atoms with Crippen molar-refractivity contribution in [3.05, 3.63) is 16.1 Å². The molecule has 2 unspecified atom stereocenters. The number of aromatic nitrogens is 1. The van der Waals surface area contributed by atoms with E-state index in [1.807, 2.05) is 6.92 Å². The molecule has 1 aliphatic heterocycles. The van der Waals surface area contributed by atoms with Crippen LogP contribution in [0.4, 0.5) is 0 Å². The molecule has 0 saturated carbocycles. The molecule has 0 spiro atoms. The lowest BCUT2D eigenvalue weighted by atomic mass is 10.2. The molecule has 0 radical (unpaired) electrons. The minimum Gasteiger partial charge on any atom is -0.479 e. The minimum atomic E-state index is -1.01. The first-order valence-corrected chi connectivity index (χ1v) is 6.45. The third-order valence-corrected chi connectivity index (χ3v) is 3.58. The number of amides is 1. The second-order valence-corrected chi connectivity index (χ2v) is 5.43. The number of carboxylic acids is 1. The molecule has 1 amide bonds. The van der Waals surface area contributed by atoms with Gasteiger partial charge in [-0.3, -0.25) is 4.79 Å². The van der Waals surface area contributed by atoms with Crippen molar-refractivity contribution in [2.24, 2.45) is 0 Å². The summed E-state index contributed by atoms with van der Waals surface area (Å²) in [6.07, 6.45) is 1.05. The quantitative estimate of drug-likeness (QED) is 0.840. The number of hydrogen-bond acceptors (Lipinski definition) is 5. The lowest BCUT2D eigenvalue weighted by Gasteiger charge is -2.10. The monoisotopic (exact) mass is 270 g/mol. The van der Waals surface area contributed by atoms with Gasteiger partial charge in [-0.2, -0.15) is 0 Å². The smallest absolute Gasteiger partial charge is 0.332 e. The molecule has 2 N–H and O–H groups in total. The number of thiazole rings is 1. The van der Waals surface area contributed by atoms with Gasteiger partial charge in [0.15, 0.2) is 6.10 Å². The first-order valence-electron chi connectivity index (χ1n) is 5.63. The number of aryl methyl sites for hydroxylation is 1. The Morgan fingerprint density at radius 3 is 2.83 bits per heavy atom. The summed E-state index contributed by atoms with van der Waals surface area (Å²) in [6.45, 7) is 2.30. The van der Waals surface area contributed by atoms with Crippen LogP contribution in [0.1, 0.15) is 22.7 Å². The van der Waals surface area contributed by atoms with Gasteiger partial charge in [-0.25, -0.2) is 9.78 Å². The van der Waals surface area contributed by atoms with Gasteiger partial charge in [-0.15, -0.1) is 11.3 Å². The summed E-state index contributed by atoms with van der Waals surface area (Å²) < 4.78 is 5.15. The zero-order valence-corrected chi connectivity index (χ0v) is 10.7. The number of carbonyl (C=O) groups excluding carboxylic acids is 1. The predicted octanol–water partition coefficient (Wildman–Crippen LogP) is 0.700. The normalized spacial score (nSPS) is 22.9. The molecule has 1 aromatic heterocycles. The first kappa shape index (κ1) is 13.0. The average Bonchev–Trinajstić information content (AvgIpc) is 2.94. The lowest BCUT2D eigenvalue weighted by molar-refractivity contribution is -0.151. The summed E-state index contributed by atoms with van der Waals surface area (Å²) >= 11 is 1.52. The molecule has 7 heteroatoms. The first-order chi connectivity index (χ1) is 8.56. The Kier molecular flexibility index (Phi) is 3.93. The highest BCUT2D eigenvalue weighted by atomic mass is 32.1. The Bertz CT molecular complexity index is 460. The van der Waals surface area contributed by atoms with Gasteiger partial charge < -0.3 is 15.2 Å². The molecule has 2 atom stereocenters. The molecular formula is C11H14N2O4S. The highest BCUT2D eigenvalue weighted by Crippen LogP contribution is 2.20. The van der Waals surface area contributed by atoms with Gasteiger partial charge in [0.1, 0.15) is 11.1 Å². The van der Waals surface area contributed by atoms with Crippen LogP contribution < -0.4 is 5.32 Å². The second-order valence-electron chi connectivity index (χ2n) is 4.11. The van der Waals surface area contributed by atoms with E-state index in [9.17, 15) is 9.59 Å². The van der Waals surface area contributed by atoms with E-state index >= 15 is 0 Å². The van der Waals surface area contributed by atoms with E-state index in [4.69, 9.17) is 9.84 Å². The van der Waals surface area contributed by atoms with Crippen LogP contribution in [-0.4, -0.2) is 34.2 Å². The molecule has 2 rings (SSSR count). The molecule has 2 heterocycles. The number of nitrogens with one attached hydrogen (secondary N) is 1. The van der Waals surface area contributed by atoms with Crippen LogP contribution in [0.5, 0.6) is 0 Å². The van der Waals surface area contributed by atoms with Crippen LogP contribution in [-0.2, 0) is 20.9 Å². The molecule has 0 aromatic carbocycles. The van der Waals surface area contributed by atoms with E-state index in [-0.39, 0.29) is 5.91 Å². The Morgan fingerprint density at radius 2 is 2.28 bits per heavy atom. The third-order valence-electron chi connectivity index (χ3n) is 2.67. The number of nitrogens with zero attached hydrogens (tertiary/aromatic N) is 1. The maximum atomic E-state index is 11.7. The summed E-state index contributed by atoms with van der Waals surface area (Å²) in [5.74, 6) is -1.28. The van der Waals surface area contributed by atoms with Crippen LogP contribution in [0, 0.1) is 6.92 Å². The van der Waals surface area contributed by atoms with Crippen molar-refractivity contribution in [1.82, 2.24) is 10.3 Å². The van der Waals surface area contributed by atoms with Gasteiger partial charge in [-0.1, -0.05) is 0 Å². The molecule has 0 aliphatic carbocycles. The number of ether oxygens (including phenoxy) is 1. The molecule has 1 fully saturated rings. The van der Waals surface area contributed by atoms with Gasteiger partial charge >= 0.3 is 5.97 Å². The van der Waals surface area contributed by atoms with Crippen LogP contribution in [0.2, 0.25) is 0 Å². The Hall–Kier alpha value is -1.47. The van der Waals surface area contributed by atoms with E-state index in [0.29, 0.717) is 19.4 Å². The zero-order chi connectivity index (χ0) is 13.1. The highest BCUT2D eigenvalue weighted by molar-refractivity contribution is 7.11. The maximum Gasteiger partial charge on any atom is 0.332 e. The van der Waals surface area contributed by atoms with Gasteiger partial charge in [0, 0.05) is 11.1 Å². The summed E-state index contributed by atoms with van der Waals surface area (Å²) in [5.41, 5.74) is 0. The third kappa shape index (κ3) is 3.05.